The van der Waals surface area contributed by atoms with Gasteiger partial charge in [-0.2, -0.15) is 11.8 Å². The zero-order valence-electron chi connectivity index (χ0n) is 10.4. The molecular formula is C10H22N4O3S. The Morgan fingerprint density at radius 3 is 2.72 bits per heavy atom. The SMILES string of the molecule is N.N.O=C(O)CCCC[C@@H]1SC[C@@H]2NC(=O)N[C@@H]21. The van der Waals surface area contributed by atoms with E-state index in [1.807, 2.05) is 11.8 Å². The van der Waals surface area contributed by atoms with Crippen LogP contribution < -0.4 is 22.9 Å². The van der Waals surface area contributed by atoms with Gasteiger partial charge in [0.15, 0.2) is 0 Å². The van der Waals surface area contributed by atoms with Gasteiger partial charge in [0.1, 0.15) is 0 Å². The zero-order valence-corrected chi connectivity index (χ0v) is 11.2. The second-order valence-corrected chi connectivity index (χ2v) is 5.53. The van der Waals surface area contributed by atoms with Crippen LogP contribution in [-0.2, 0) is 4.79 Å². The lowest BCUT2D eigenvalue weighted by Gasteiger charge is -2.16. The maximum Gasteiger partial charge on any atom is 0.315 e. The highest BCUT2D eigenvalue weighted by molar-refractivity contribution is 8.00. The number of carbonyl (C=O) groups is 2. The Morgan fingerprint density at radius 2 is 2.06 bits per heavy atom. The van der Waals surface area contributed by atoms with Crippen LogP contribution >= 0.6 is 11.8 Å². The summed E-state index contributed by atoms with van der Waals surface area (Å²) in [5, 5.41) is 14.8. The number of carboxylic acid groups (broad SMARTS) is 1. The van der Waals surface area contributed by atoms with E-state index in [0.29, 0.717) is 5.25 Å². The summed E-state index contributed by atoms with van der Waals surface area (Å²) in [6, 6.07) is 0.440. The molecule has 2 fully saturated rings. The number of unbranched alkanes of at least 4 members (excludes halogenated alkanes) is 1. The minimum atomic E-state index is -0.729. The predicted molar refractivity (Wildman–Crippen MR) is 71.6 cm³/mol. The normalized spacial score (nSPS) is 28.4. The molecule has 0 saturated carbocycles. The zero-order chi connectivity index (χ0) is 11.5. The van der Waals surface area contributed by atoms with Crippen LogP contribution in [0.1, 0.15) is 25.7 Å². The van der Waals surface area contributed by atoms with Gasteiger partial charge in [-0.15, -0.1) is 0 Å². The minimum Gasteiger partial charge on any atom is -0.481 e. The van der Waals surface area contributed by atoms with Gasteiger partial charge >= 0.3 is 12.0 Å². The summed E-state index contributed by atoms with van der Waals surface area (Å²) < 4.78 is 0. The molecular weight excluding hydrogens is 256 g/mol. The number of fused-ring (bicyclic) bond motifs is 1. The fraction of sp³-hybridized carbons (Fsp3) is 0.800. The van der Waals surface area contributed by atoms with Crippen molar-refractivity contribution >= 4 is 23.8 Å². The summed E-state index contributed by atoms with van der Waals surface area (Å²) >= 11 is 1.87. The summed E-state index contributed by atoms with van der Waals surface area (Å²) in [5.41, 5.74) is 0. The number of nitrogens with one attached hydrogen (secondary N) is 2. The van der Waals surface area contributed by atoms with E-state index in [1.54, 1.807) is 0 Å². The monoisotopic (exact) mass is 278 g/mol. The third-order valence-corrected chi connectivity index (χ3v) is 4.58. The maximum absolute atomic E-state index is 11.1. The molecule has 0 aliphatic carbocycles. The van der Waals surface area contributed by atoms with Crippen LogP contribution in [0.2, 0.25) is 0 Å². The number of carboxylic acids is 1. The van der Waals surface area contributed by atoms with Crippen molar-refractivity contribution in [1.29, 1.82) is 0 Å². The van der Waals surface area contributed by atoms with E-state index >= 15 is 0 Å². The Morgan fingerprint density at radius 1 is 1.33 bits per heavy atom. The van der Waals surface area contributed by atoms with Crippen LogP contribution in [0.4, 0.5) is 4.79 Å². The molecule has 2 amide bonds. The molecule has 0 bridgehead atoms. The summed E-state index contributed by atoms with van der Waals surface area (Å²) in [6.07, 6.45) is 2.88. The molecule has 0 unspecified atom stereocenters. The second kappa shape index (κ2) is 7.45. The van der Waals surface area contributed by atoms with E-state index in [0.717, 1.165) is 25.0 Å². The first-order valence-corrected chi connectivity index (χ1v) is 6.62. The average molecular weight is 278 g/mol. The Hall–Kier alpha value is -0.990. The largest absolute Gasteiger partial charge is 0.481 e. The van der Waals surface area contributed by atoms with Crippen LogP contribution in [0.5, 0.6) is 0 Å². The second-order valence-electron chi connectivity index (χ2n) is 4.26. The molecule has 2 saturated heterocycles. The van der Waals surface area contributed by atoms with Gasteiger partial charge in [0.25, 0.3) is 0 Å². The van der Waals surface area contributed by atoms with E-state index in [2.05, 4.69) is 10.6 Å². The Labute approximate surface area is 111 Å². The highest BCUT2D eigenvalue weighted by Crippen LogP contribution is 2.33. The molecule has 8 heteroatoms. The number of urea groups is 1. The number of thioether (sulfide) groups is 1. The van der Waals surface area contributed by atoms with E-state index in [4.69, 9.17) is 5.11 Å². The third-order valence-electron chi connectivity index (χ3n) is 3.07. The first-order chi connectivity index (χ1) is 7.66. The lowest BCUT2D eigenvalue weighted by Crippen LogP contribution is -2.36. The van der Waals surface area contributed by atoms with Crippen molar-refractivity contribution in [3.05, 3.63) is 0 Å². The Bertz CT molecular complexity index is 303. The lowest BCUT2D eigenvalue weighted by atomic mass is 10.0. The molecule has 2 aliphatic rings. The molecule has 9 N–H and O–H groups in total. The predicted octanol–water partition coefficient (Wildman–Crippen LogP) is 1.12. The summed E-state index contributed by atoms with van der Waals surface area (Å²) in [5.74, 6) is 0.236. The lowest BCUT2D eigenvalue weighted by molar-refractivity contribution is -0.137. The highest BCUT2D eigenvalue weighted by atomic mass is 32.2. The first kappa shape index (κ1) is 17.0. The smallest absolute Gasteiger partial charge is 0.315 e. The number of hydrogen-bond acceptors (Lipinski definition) is 5. The van der Waals surface area contributed by atoms with Gasteiger partial charge in [-0.1, -0.05) is 6.42 Å². The van der Waals surface area contributed by atoms with Crippen molar-refractivity contribution in [2.24, 2.45) is 0 Å². The molecule has 106 valence electrons. The molecule has 2 heterocycles. The van der Waals surface area contributed by atoms with Gasteiger partial charge in [0, 0.05) is 17.4 Å². The molecule has 3 atom stereocenters. The van der Waals surface area contributed by atoms with Gasteiger partial charge < -0.3 is 28.0 Å². The summed E-state index contributed by atoms with van der Waals surface area (Å²) in [7, 11) is 0. The molecule has 0 aromatic heterocycles. The molecule has 7 nitrogen and oxygen atoms in total. The quantitative estimate of drug-likeness (QED) is 0.376. The standard InChI is InChI=1S/C10H16N2O3S.2H3N/c13-8(14)4-2-1-3-7-9-6(5-16-7)11-10(15)12-9;;/h6-7,9H,1-5H2,(H,13,14)(H2,11,12,15);2*1H3/t6-,7-,9-;;/m0../s1. The van der Waals surface area contributed by atoms with E-state index in [1.165, 1.54) is 0 Å². The highest BCUT2D eigenvalue weighted by Gasteiger charge is 2.42. The van der Waals surface area contributed by atoms with Gasteiger partial charge in [0.05, 0.1) is 12.1 Å². The molecule has 2 aliphatic heterocycles. The third kappa shape index (κ3) is 4.04. The number of aliphatic carboxylic acids is 1. The van der Waals surface area contributed by atoms with E-state index < -0.39 is 5.97 Å². The Kier molecular flexibility index (Phi) is 7.04. The van der Waals surface area contributed by atoms with Crippen molar-refractivity contribution in [2.75, 3.05) is 5.75 Å². The molecule has 2 rings (SSSR count). The van der Waals surface area contributed by atoms with Crippen LogP contribution in [0, 0.1) is 0 Å². The van der Waals surface area contributed by atoms with Gasteiger partial charge in [-0.25, -0.2) is 4.79 Å². The van der Waals surface area contributed by atoms with E-state index in [9.17, 15) is 9.59 Å². The molecule has 0 spiro atoms. The van der Waals surface area contributed by atoms with Crippen molar-refractivity contribution in [3.8, 4) is 0 Å². The van der Waals surface area contributed by atoms with Crippen molar-refractivity contribution in [2.45, 2.75) is 43.0 Å². The van der Waals surface area contributed by atoms with Gasteiger partial charge in [-0.3, -0.25) is 4.79 Å². The van der Waals surface area contributed by atoms with Crippen molar-refractivity contribution < 1.29 is 14.7 Å². The van der Waals surface area contributed by atoms with Gasteiger partial charge in [0.2, 0.25) is 0 Å². The average Bonchev–Trinajstić information content (AvgIpc) is 2.72. The molecule has 18 heavy (non-hydrogen) atoms. The van der Waals surface area contributed by atoms with Crippen LogP contribution in [0.25, 0.3) is 0 Å². The van der Waals surface area contributed by atoms with Crippen molar-refractivity contribution in [3.63, 3.8) is 0 Å². The van der Waals surface area contributed by atoms with Crippen molar-refractivity contribution in [1.82, 2.24) is 22.9 Å². The molecule has 0 aromatic rings. The Balaban J connectivity index is 0.00000144. The molecule has 0 aromatic carbocycles. The fourth-order valence-electron chi connectivity index (χ4n) is 2.26. The van der Waals surface area contributed by atoms with Crippen LogP contribution in [-0.4, -0.2) is 40.2 Å². The van der Waals surface area contributed by atoms with Gasteiger partial charge in [-0.05, 0) is 12.8 Å². The van der Waals surface area contributed by atoms with Crippen LogP contribution in [0.3, 0.4) is 0 Å². The van der Waals surface area contributed by atoms with E-state index in [-0.39, 0.29) is 36.8 Å². The summed E-state index contributed by atoms with van der Waals surface area (Å²) in [4.78, 5) is 21.5. The fourth-order valence-corrected chi connectivity index (χ4v) is 3.81. The maximum atomic E-state index is 11.1. The number of hydrogen-bond donors (Lipinski definition) is 5. The topological polar surface area (TPSA) is 148 Å². The number of rotatable bonds is 5. The minimum absolute atomic E-state index is 0. The van der Waals surface area contributed by atoms with Crippen LogP contribution in [0.15, 0.2) is 0 Å². The summed E-state index contributed by atoms with van der Waals surface area (Å²) in [6.45, 7) is 0. The first-order valence-electron chi connectivity index (χ1n) is 5.57. The number of carbonyl (C=O) groups excluding carboxylic acids is 1. The molecule has 0 radical (unpaired) electrons. The number of amides is 2.